The molecule has 0 atom stereocenters. The summed E-state index contributed by atoms with van der Waals surface area (Å²) in [6.07, 6.45) is 1.72. The fourth-order valence-electron chi connectivity index (χ4n) is 1.65. The molecule has 0 saturated heterocycles. The SMILES string of the molecule is CCc1noc(CN2C=C(C(=O)OC)C(C)=NS2(=O)=O)n1. The van der Waals surface area contributed by atoms with Crippen molar-refractivity contribution in [3.63, 3.8) is 0 Å². The van der Waals surface area contributed by atoms with Crippen molar-refractivity contribution >= 4 is 21.9 Å². The van der Waals surface area contributed by atoms with Crippen LogP contribution >= 0.6 is 0 Å². The predicted octanol–water partition coefficient (Wildman–Crippen LogP) is 0.210. The molecule has 0 aromatic carbocycles. The van der Waals surface area contributed by atoms with Crippen molar-refractivity contribution in [1.82, 2.24) is 14.4 Å². The minimum absolute atomic E-state index is 0.0579. The van der Waals surface area contributed by atoms with Gasteiger partial charge in [-0.05, 0) is 6.92 Å². The summed E-state index contributed by atoms with van der Waals surface area (Å²) in [5.41, 5.74) is 0.125. The van der Waals surface area contributed by atoms with Gasteiger partial charge in [0.2, 0.25) is 5.89 Å². The Morgan fingerprint density at radius 1 is 1.48 bits per heavy atom. The third-order valence-electron chi connectivity index (χ3n) is 2.73. The monoisotopic (exact) mass is 314 g/mol. The third-order valence-corrected chi connectivity index (χ3v) is 4.07. The molecular weight excluding hydrogens is 300 g/mol. The first kappa shape index (κ1) is 15.2. The lowest BCUT2D eigenvalue weighted by Crippen LogP contribution is -2.31. The highest BCUT2D eigenvalue weighted by atomic mass is 32.2. The van der Waals surface area contributed by atoms with E-state index in [2.05, 4.69) is 19.3 Å². The van der Waals surface area contributed by atoms with Gasteiger partial charge in [-0.1, -0.05) is 12.1 Å². The van der Waals surface area contributed by atoms with Crippen molar-refractivity contribution in [2.24, 2.45) is 4.40 Å². The zero-order valence-electron chi connectivity index (χ0n) is 11.7. The van der Waals surface area contributed by atoms with Gasteiger partial charge in [-0.25, -0.2) is 9.10 Å². The first-order valence-corrected chi connectivity index (χ1v) is 7.47. The third kappa shape index (κ3) is 3.10. The standard InChI is InChI=1S/C11H14N4O5S/c1-4-9-12-10(20-13-9)6-15-5-8(11(16)19-3)7(2)14-21(15,17)18/h5H,4,6H2,1-3H3. The number of carbonyl (C=O) groups excluding carboxylic acids is 1. The molecule has 0 amide bonds. The van der Waals surface area contributed by atoms with E-state index in [1.165, 1.54) is 14.0 Å². The van der Waals surface area contributed by atoms with Crippen LogP contribution in [0.25, 0.3) is 0 Å². The summed E-state index contributed by atoms with van der Waals surface area (Å²) in [4.78, 5) is 15.6. The molecule has 0 N–H and O–H groups in total. The van der Waals surface area contributed by atoms with E-state index in [0.29, 0.717) is 12.2 Å². The van der Waals surface area contributed by atoms with E-state index in [-0.39, 0.29) is 23.7 Å². The number of methoxy groups -OCH3 is 1. The van der Waals surface area contributed by atoms with Crippen molar-refractivity contribution in [2.75, 3.05) is 7.11 Å². The number of aryl methyl sites for hydroxylation is 1. The minimum Gasteiger partial charge on any atom is -0.465 e. The maximum absolute atomic E-state index is 12.0. The van der Waals surface area contributed by atoms with E-state index in [1.54, 1.807) is 0 Å². The highest BCUT2D eigenvalue weighted by Gasteiger charge is 2.29. The van der Waals surface area contributed by atoms with Crippen molar-refractivity contribution in [3.05, 3.63) is 23.5 Å². The number of nitrogens with zero attached hydrogens (tertiary/aromatic N) is 4. The van der Waals surface area contributed by atoms with E-state index in [1.807, 2.05) is 6.92 Å². The first-order chi connectivity index (χ1) is 9.87. The maximum Gasteiger partial charge on any atom is 0.344 e. The number of aromatic nitrogens is 2. The van der Waals surface area contributed by atoms with Crippen LogP contribution in [0.5, 0.6) is 0 Å². The summed E-state index contributed by atoms with van der Waals surface area (Å²) in [6.45, 7) is 3.06. The second-order valence-corrected chi connectivity index (χ2v) is 5.74. The molecule has 0 saturated carbocycles. The van der Waals surface area contributed by atoms with Crippen LogP contribution in [0.15, 0.2) is 20.7 Å². The van der Waals surface area contributed by atoms with Crippen LogP contribution in [0, 0.1) is 0 Å². The van der Waals surface area contributed by atoms with Gasteiger partial charge in [-0.15, -0.1) is 4.40 Å². The van der Waals surface area contributed by atoms with Crippen LogP contribution in [0.1, 0.15) is 25.6 Å². The maximum atomic E-state index is 12.0. The van der Waals surface area contributed by atoms with Crippen molar-refractivity contribution in [3.8, 4) is 0 Å². The molecule has 0 aliphatic carbocycles. The summed E-state index contributed by atoms with van der Waals surface area (Å²) in [6, 6.07) is 0. The molecule has 2 heterocycles. The summed E-state index contributed by atoms with van der Waals surface area (Å²) in [7, 11) is -2.73. The largest absolute Gasteiger partial charge is 0.465 e. The van der Waals surface area contributed by atoms with Crippen LogP contribution in [0.3, 0.4) is 0 Å². The molecular formula is C11H14N4O5S. The average molecular weight is 314 g/mol. The Hall–Kier alpha value is -2.23. The van der Waals surface area contributed by atoms with Crippen LogP contribution in [-0.2, 0) is 32.7 Å². The Morgan fingerprint density at radius 3 is 2.76 bits per heavy atom. The molecule has 0 bridgehead atoms. The summed E-state index contributed by atoms with van der Waals surface area (Å²) < 4.78 is 37.9. The zero-order valence-corrected chi connectivity index (χ0v) is 12.5. The lowest BCUT2D eigenvalue weighted by molar-refractivity contribution is -0.135. The van der Waals surface area contributed by atoms with Gasteiger partial charge in [0.15, 0.2) is 5.82 Å². The van der Waals surface area contributed by atoms with E-state index in [9.17, 15) is 13.2 Å². The van der Waals surface area contributed by atoms with Crippen molar-refractivity contribution in [1.29, 1.82) is 0 Å². The average Bonchev–Trinajstić information content (AvgIpc) is 2.88. The lowest BCUT2D eigenvalue weighted by atomic mass is 10.2. The topological polar surface area (TPSA) is 115 Å². The first-order valence-electron chi connectivity index (χ1n) is 6.07. The number of hydrogen-bond acceptors (Lipinski definition) is 7. The van der Waals surface area contributed by atoms with Gasteiger partial charge < -0.3 is 9.26 Å². The van der Waals surface area contributed by atoms with Crippen molar-refractivity contribution in [2.45, 2.75) is 26.8 Å². The zero-order chi connectivity index (χ0) is 15.6. The predicted molar refractivity (Wildman–Crippen MR) is 71.3 cm³/mol. The Labute approximate surface area is 121 Å². The highest BCUT2D eigenvalue weighted by Crippen LogP contribution is 2.19. The van der Waals surface area contributed by atoms with Crippen LogP contribution in [-0.4, -0.2) is 41.7 Å². The number of esters is 1. The lowest BCUT2D eigenvalue weighted by Gasteiger charge is -2.21. The molecule has 9 nitrogen and oxygen atoms in total. The second-order valence-electron chi connectivity index (χ2n) is 4.19. The number of hydrogen-bond donors (Lipinski definition) is 0. The normalized spacial score (nSPS) is 17.2. The van der Waals surface area contributed by atoms with Gasteiger partial charge in [0, 0.05) is 12.6 Å². The molecule has 1 aliphatic heterocycles. The highest BCUT2D eigenvalue weighted by molar-refractivity contribution is 7.88. The fraction of sp³-hybridized carbons (Fsp3) is 0.455. The molecule has 0 spiro atoms. The molecule has 2 rings (SSSR count). The summed E-state index contributed by atoms with van der Waals surface area (Å²) >= 11 is 0. The Morgan fingerprint density at radius 2 is 2.19 bits per heavy atom. The van der Waals surface area contributed by atoms with Crippen LogP contribution in [0.2, 0.25) is 0 Å². The van der Waals surface area contributed by atoms with Crippen molar-refractivity contribution < 1.29 is 22.5 Å². The van der Waals surface area contributed by atoms with E-state index in [0.717, 1.165) is 10.5 Å². The van der Waals surface area contributed by atoms with E-state index >= 15 is 0 Å². The molecule has 1 aliphatic rings. The smallest absolute Gasteiger partial charge is 0.344 e. The Balaban J connectivity index is 2.32. The summed E-state index contributed by atoms with van der Waals surface area (Å²) in [5, 5.41) is 3.68. The fourth-order valence-corrected chi connectivity index (χ4v) is 2.71. The second kappa shape index (κ2) is 5.64. The molecule has 1 aromatic heterocycles. The number of carbonyl (C=O) groups is 1. The molecule has 0 radical (unpaired) electrons. The number of rotatable bonds is 4. The Bertz CT molecular complexity index is 719. The molecule has 0 unspecified atom stereocenters. The molecule has 21 heavy (non-hydrogen) atoms. The van der Waals surface area contributed by atoms with E-state index < -0.39 is 16.2 Å². The van der Waals surface area contributed by atoms with Crippen LogP contribution in [0.4, 0.5) is 0 Å². The quantitative estimate of drug-likeness (QED) is 0.729. The minimum atomic E-state index is -3.93. The van der Waals surface area contributed by atoms with Gasteiger partial charge in [0.25, 0.3) is 0 Å². The molecule has 1 aromatic rings. The molecule has 0 fully saturated rings. The molecule has 114 valence electrons. The Kier molecular flexibility index (Phi) is 4.07. The van der Waals surface area contributed by atoms with Crippen LogP contribution < -0.4 is 0 Å². The van der Waals surface area contributed by atoms with Gasteiger partial charge in [0.05, 0.1) is 18.4 Å². The van der Waals surface area contributed by atoms with Gasteiger partial charge >= 0.3 is 16.2 Å². The summed E-state index contributed by atoms with van der Waals surface area (Å²) in [5.74, 6) is -0.0853. The van der Waals surface area contributed by atoms with Gasteiger partial charge in [-0.2, -0.15) is 13.4 Å². The van der Waals surface area contributed by atoms with Gasteiger partial charge in [-0.3, -0.25) is 0 Å². The molecule has 10 heteroatoms. The van der Waals surface area contributed by atoms with Gasteiger partial charge in [0.1, 0.15) is 6.54 Å². The number of ether oxygens (including phenoxy) is 1. The van der Waals surface area contributed by atoms with E-state index in [4.69, 9.17) is 4.52 Å².